The van der Waals surface area contributed by atoms with Gasteiger partial charge in [-0.2, -0.15) is 0 Å². The molecule has 1 atom stereocenters. The van der Waals surface area contributed by atoms with Gasteiger partial charge in [0.25, 0.3) is 0 Å². The molecular formula is C15H27N5O. The molecule has 1 aromatic rings. The van der Waals surface area contributed by atoms with Gasteiger partial charge in [-0.05, 0) is 13.3 Å². The molecule has 0 bridgehead atoms. The van der Waals surface area contributed by atoms with Crippen LogP contribution >= 0.6 is 0 Å². The van der Waals surface area contributed by atoms with E-state index < -0.39 is 0 Å². The average Bonchev–Trinajstić information content (AvgIpc) is 2.43. The Hall–Kier alpha value is -1.85. The number of hydrogen-bond acceptors (Lipinski definition) is 5. The molecule has 118 valence electrons. The second-order valence-corrected chi connectivity index (χ2v) is 5.68. The number of likely N-dealkylation sites (N-methyl/N-ethyl adjacent to an activating group) is 1. The molecule has 0 radical (unpaired) electrons. The van der Waals surface area contributed by atoms with E-state index in [0.29, 0.717) is 5.82 Å². The van der Waals surface area contributed by atoms with Crippen molar-refractivity contribution in [3.8, 4) is 0 Å². The van der Waals surface area contributed by atoms with Crippen molar-refractivity contribution in [1.82, 2.24) is 14.9 Å². The maximum Gasteiger partial charge on any atom is 0.244 e. The first kappa shape index (κ1) is 17.2. The molecule has 1 aromatic heterocycles. The van der Waals surface area contributed by atoms with Gasteiger partial charge in [-0.15, -0.1) is 0 Å². The Bertz CT molecular complexity index is 473. The number of anilines is 2. The van der Waals surface area contributed by atoms with Crippen molar-refractivity contribution in [1.29, 1.82) is 0 Å². The molecule has 1 heterocycles. The monoisotopic (exact) mass is 293 g/mol. The van der Waals surface area contributed by atoms with Crippen molar-refractivity contribution < 1.29 is 4.79 Å². The minimum atomic E-state index is -0.325. The summed E-state index contributed by atoms with van der Waals surface area (Å²) in [5, 5.41) is 6.42. The van der Waals surface area contributed by atoms with E-state index in [-0.39, 0.29) is 17.9 Å². The fourth-order valence-electron chi connectivity index (χ4n) is 1.81. The number of nitrogens with one attached hydrogen (secondary N) is 2. The Balaban J connectivity index is 2.94. The molecule has 0 aromatic carbocycles. The summed E-state index contributed by atoms with van der Waals surface area (Å²) in [5.74, 6) is 2.48. The number of hydrogen-bond donors (Lipinski definition) is 2. The van der Waals surface area contributed by atoms with E-state index in [1.54, 1.807) is 19.0 Å². The largest absolute Gasteiger partial charge is 0.370 e. The second kappa shape index (κ2) is 7.81. The van der Waals surface area contributed by atoms with Gasteiger partial charge in [-0.1, -0.05) is 20.8 Å². The lowest BCUT2D eigenvalue weighted by molar-refractivity contribution is -0.129. The minimum Gasteiger partial charge on any atom is -0.370 e. The normalized spacial score (nSPS) is 12.1. The smallest absolute Gasteiger partial charge is 0.244 e. The minimum absolute atomic E-state index is 0.0165. The standard InChI is InChI=1S/C15H27N5O/c1-7-8-16-12-9-13(19-14(18-12)10(2)3)17-11(4)15(21)20(5)6/h9-11H,7-8H2,1-6H3,(H2,16,17,18,19). The van der Waals surface area contributed by atoms with E-state index in [1.807, 2.05) is 13.0 Å². The summed E-state index contributed by atoms with van der Waals surface area (Å²) in [7, 11) is 3.49. The van der Waals surface area contributed by atoms with Crippen LogP contribution in [0.5, 0.6) is 0 Å². The highest BCUT2D eigenvalue weighted by atomic mass is 16.2. The summed E-state index contributed by atoms with van der Waals surface area (Å²) in [6, 6.07) is 1.52. The Morgan fingerprint density at radius 3 is 2.38 bits per heavy atom. The quantitative estimate of drug-likeness (QED) is 0.807. The summed E-state index contributed by atoms with van der Waals surface area (Å²) in [4.78, 5) is 22.5. The van der Waals surface area contributed by atoms with E-state index in [1.165, 1.54) is 0 Å². The van der Waals surface area contributed by atoms with Gasteiger partial charge in [0, 0.05) is 32.6 Å². The lowest BCUT2D eigenvalue weighted by Crippen LogP contribution is -2.37. The predicted octanol–water partition coefficient (Wildman–Crippen LogP) is 2.31. The van der Waals surface area contributed by atoms with Crippen molar-refractivity contribution in [2.24, 2.45) is 0 Å². The van der Waals surface area contributed by atoms with Crippen LogP contribution in [0, 0.1) is 0 Å². The van der Waals surface area contributed by atoms with E-state index in [9.17, 15) is 4.79 Å². The van der Waals surface area contributed by atoms with Gasteiger partial charge in [0.1, 0.15) is 23.5 Å². The van der Waals surface area contributed by atoms with Gasteiger partial charge in [-0.25, -0.2) is 9.97 Å². The molecule has 0 saturated carbocycles. The van der Waals surface area contributed by atoms with Crippen LogP contribution in [-0.2, 0) is 4.79 Å². The van der Waals surface area contributed by atoms with Gasteiger partial charge in [0.05, 0.1) is 0 Å². The van der Waals surface area contributed by atoms with Crippen LogP contribution < -0.4 is 10.6 Å². The predicted molar refractivity (Wildman–Crippen MR) is 86.7 cm³/mol. The highest BCUT2D eigenvalue weighted by molar-refractivity contribution is 5.83. The molecule has 0 aliphatic heterocycles. The third-order valence-electron chi connectivity index (χ3n) is 2.99. The highest BCUT2D eigenvalue weighted by Gasteiger charge is 2.16. The molecule has 1 rings (SSSR count). The molecule has 2 N–H and O–H groups in total. The van der Waals surface area contributed by atoms with Gasteiger partial charge in [0.15, 0.2) is 0 Å². The van der Waals surface area contributed by atoms with E-state index >= 15 is 0 Å². The maximum atomic E-state index is 11.9. The van der Waals surface area contributed by atoms with Crippen LogP contribution in [0.4, 0.5) is 11.6 Å². The molecule has 0 aliphatic rings. The first-order valence-electron chi connectivity index (χ1n) is 7.45. The molecule has 0 fully saturated rings. The summed E-state index contributed by atoms with van der Waals surface area (Å²) in [6.07, 6.45) is 1.03. The van der Waals surface area contributed by atoms with E-state index in [2.05, 4.69) is 41.4 Å². The average molecular weight is 293 g/mol. The first-order chi connectivity index (χ1) is 9.85. The number of nitrogens with zero attached hydrogens (tertiary/aromatic N) is 3. The molecule has 6 nitrogen and oxygen atoms in total. The van der Waals surface area contributed by atoms with Crippen molar-refractivity contribution in [3.63, 3.8) is 0 Å². The topological polar surface area (TPSA) is 70.2 Å². The molecular weight excluding hydrogens is 266 g/mol. The molecule has 1 unspecified atom stereocenters. The Kier molecular flexibility index (Phi) is 6.39. The second-order valence-electron chi connectivity index (χ2n) is 5.68. The van der Waals surface area contributed by atoms with Crippen LogP contribution in [0.15, 0.2) is 6.07 Å². The fraction of sp³-hybridized carbons (Fsp3) is 0.667. The Morgan fingerprint density at radius 2 is 1.86 bits per heavy atom. The maximum absolute atomic E-state index is 11.9. The van der Waals surface area contributed by atoms with Crippen LogP contribution in [0.3, 0.4) is 0 Å². The van der Waals surface area contributed by atoms with Gasteiger partial charge in [-0.3, -0.25) is 4.79 Å². The van der Waals surface area contributed by atoms with Crippen molar-refractivity contribution in [3.05, 3.63) is 11.9 Å². The number of rotatable bonds is 7. The zero-order valence-electron chi connectivity index (χ0n) is 13.9. The number of aromatic nitrogens is 2. The SMILES string of the molecule is CCCNc1cc(NC(C)C(=O)N(C)C)nc(C(C)C)n1. The summed E-state index contributed by atoms with van der Waals surface area (Å²) >= 11 is 0. The van der Waals surface area contributed by atoms with E-state index in [4.69, 9.17) is 0 Å². The summed E-state index contributed by atoms with van der Waals surface area (Å²) in [5.41, 5.74) is 0. The number of amides is 1. The van der Waals surface area contributed by atoms with Crippen molar-refractivity contribution >= 4 is 17.5 Å². The summed E-state index contributed by atoms with van der Waals surface area (Å²) in [6.45, 7) is 8.90. The van der Waals surface area contributed by atoms with Gasteiger partial charge < -0.3 is 15.5 Å². The number of carbonyl (C=O) groups is 1. The third-order valence-corrected chi connectivity index (χ3v) is 2.99. The number of carbonyl (C=O) groups excluding carboxylic acids is 1. The first-order valence-corrected chi connectivity index (χ1v) is 7.45. The zero-order chi connectivity index (χ0) is 16.0. The highest BCUT2D eigenvalue weighted by Crippen LogP contribution is 2.17. The lowest BCUT2D eigenvalue weighted by Gasteiger charge is -2.19. The molecule has 6 heteroatoms. The molecule has 0 spiro atoms. The van der Waals surface area contributed by atoms with E-state index in [0.717, 1.165) is 24.6 Å². The van der Waals surface area contributed by atoms with Crippen molar-refractivity contribution in [2.75, 3.05) is 31.3 Å². The zero-order valence-corrected chi connectivity index (χ0v) is 13.9. The molecule has 1 amide bonds. The fourth-order valence-corrected chi connectivity index (χ4v) is 1.81. The lowest BCUT2D eigenvalue weighted by atomic mass is 10.2. The molecule has 0 saturated heterocycles. The Labute approximate surface area is 127 Å². The van der Waals surface area contributed by atoms with Crippen LogP contribution in [0.2, 0.25) is 0 Å². The van der Waals surface area contributed by atoms with Gasteiger partial charge >= 0.3 is 0 Å². The molecule has 0 aliphatic carbocycles. The van der Waals surface area contributed by atoms with Crippen molar-refractivity contribution in [2.45, 2.75) is 46.1 Å². The van der Waals surface area contributed by atoms with Crippen LogP contribution in [0.1, 0.15) is 45.9 Å². The van der Waals surface area contributed by atoms with Crippen LogP contribution in [0.25, 0.3) is 0 Å². The van der Waals surface area contributed by atoms with Crippen LogP contribution in [-0.4, -0.2) is 47.5 Å². The summed E-state index contributed by atoms with van der Waals surface area (Å²) < 4.78 is 0. The van der Waals surface area contributed by atoms with Gasteiger partial charge in [0.2, 0.25) is 5.91 Å². The Morgan fingerprint density at radius 1 is 1.24 bits per heavy atom. The molecule has 21 heavy (non-hydrogen) atoms. The third kappa shape index (κ3) is 5.21.